The number of aromatic nitrogens is 1. The third-order valence-electron chi connectivity index (χ3n) is 4.06. The van der Waals surface area contributed by atoms with Crippen molar-refractivity contribution in [2.75, 3.05) is 5.73 Å². The molecule has 1 aromatic carbocycles. The molecule has 3 aromatic rings. The number of rotatable bonds is 4. The van der Waals surface area contributed by atoms with Gasteiger partial charge in [-0.15, -0.1) is 11.3 Å². The molecular weight excluding hydrogens is 326 g/mol. The lowest BCUT2D eigenvalue weighted by atomic mass is 9.99. The van der Waals surface area contributed by atoms with Gasteiger partial charge in [0.25, 0.3) is 0 Å². The van der Waals surface area contributed by atoms with Crippen LogP contribution in [0, 0.1) is 24.2 Å². The number of benzene rings is 1. The summed E-state index contributed by atoms with van der Waals surface area (Å²) < 4.78 is 0. The van der Waals surface area contributed by atoms with Crippen molar-refractivity contribution in [3.05, 3.63) is 58.5 Å². The number of hydrogen-bond donors (Lipinski definition) is 1. The van der Waals surface area contributed by atoms with Crippen LogP contribution < -0.4 is 5.73 Å². The predicted molar refractivity (Wildman–Crippen MR) is 105 cm³/mol. The van der Waals surface area contributed by atoms with E-state index in [0.717, 1.165) is 28.1 Å². The Morgan fingerprint density at radius 3 is 2.44 bits per heavy atom. The second-order valence-electron chi connectivity index (χ2n) is 6.63. The van der Waals surface area contributed by atoms with Crippen molar-refractivity contribution in [2.45, 2.75) is 27.2 Å². The van der Waals surface area contributed by atoms with Gasteiger partial charge in [-0.1, -0.05) is 38.1 Å². The zero-order valence-corrected chi connectivity index (χ0v) is 15.5. The number of nitrogens with two attached hydrogens (primary N) is 1. The highest BCUT2D eigenvalue weighted by Crippen LogP contribution is 2.35. The minimum absolute atomic E-state index is 0.285. The molecule has 0 unspecified atom stereocenters. The van der Waals surface area contributed by atoms with E-state index in [1.165, 1.54) is 10.4 Å². The fourth-order valence-electron chi connectivity index (χ4n) is 2.89. The normalized spacial score (nSPS) is 10.8. The number of anilines is 1. The molecule has 0 amide bonds. The molecule has 2 N–H and O–H groups in total. The van der Waals surface area contributed by atoms with E-state index >= 15 is 0 Å². The highest BCUT2D eigenvalue weighted by Gasteiger charge is 2.14. The summed E-state index contributed by atoms with van der Waals surface area (Å²) in [5.41, 5.74) is 10.5. The average molecular weight is 347 g/mol. The molecule has 3 rings (SSSR count). The minimum atomic E-state index is 0.285. The molecule has 0 aliphatic rings. The maximum absolute atomic E-state index is 9.48. The Labute approximate surface area is 152 Å². The van der Waals surface area contributed by atoms with Gasteiger partial charge in [0, 0.05) is 20.9 Å². The molecule has 0 radical (unpaired) electrons. The second-order valence-corrected chi connectivity index (χ2v) is 7.92. The lowest BCUT2D eigenvalue weighted by Crippen LogP contribution is -1.99. The van der Waals surface area contributed by atoms with Crippen molar-refractivity contribution < 1.29 is 0 Å². The topological polar surface area (TPSA) is 62.7 Å². The first-order valence-electron chi connectivity index (χ1n) is 8.34. The number of thiophene rings is 1. The molecule has 0 atom stereocenters. The number of nitrogens with zero attached hydrogens (tertiary/aromatic N) is 2. The van der Waals surface area contributed by atoms with Crippen LogP contribution in [0.25, 0.3) is 21.7 Å². The third kappa shape index (κ3) is 3.72. The molecule has 2 aromatic heterocycles. The predicted octanol–water partition coefficient (Wildman–Crippen LogP) is 5.44. The molecule has 0 saturated heterocycles. The maximum Gasteiger partial charge on any atom is 0.142 e. The first-order valence-corrected chi connectivity index (χ1v) is 9.16. The number of hydrogen-bond acceptors (Lipinski definition) is 4. The van der Waals surface area contributed by atoms with E-state index in [9.17, 15) is 5.26 Å². The monoisotopic (exact) mass is 347 g/mol. The molecular formula is C21H21N3S. The summed E-state index contributed by atoms with van der Waals surface area (Å²) in [5.74, 6) is 0.913. The van der Waals surface area contributed by atoms with Gasteiger partial charge in [-0.25, -0.2) is 4.98 Å². The lowest BCUT2D eigenvalue weighted by Gasteiger charge is -2.10. The zero-order valence-electron chi connectivity index (χ0n) is 14.7. The van der Waals surface area contributed by atoms with E-state index < -0.39 is 0 Å². The molecule has 0 aliphatic heterocycles. The molecule has 0 bridgehead atoms. The van der Waals surface area contributed by atoms with E-state index in [0.29, 0.717) is 11.5 Å². The van der Waals surface area contributed by atoms with Gasteiger partial charge in [0.15, 0.2) is 0 Å². The summed E-state index contributed by atoms with van der Waals surface area (Å²) in [6.45, 7) is 6.48. The molecule has 0 spiro atoms. The number of pyridine rings is 1. The van der Waals surface area contributed by atoms with Crippen LogP contribution in [0.5, 0.6) is 0 Å². The number of aryl methyl sites for hydroxylation is 1. The molecule has 3 nitrogen and oxygen atoms in total. The van der Waals surface area contributed by atoms with Crippen LogP contribution in [0.3, 0.4) is 0 Å². The smallest absolute Gasteiger partial charge is 0.142 e. The standard InChI is InChI=1S/C21H21N3S/c1-13(2)10-15-5-7-16(8-6-15)19-11-17(18(12-22)21(23)24-19)20-9-4-14(3)25-20/h4-9,11,13H,10H2,1-3H3,(H2,23,24). The average Bonchev–Trinajstić information content (AvgIpc) is 3.00. The Hall–Kier alpha value is -2.64. The Bertz CT molecular complexity index is 931. The van der Waals surface area contributed by atoms with E-state index in [4.69, 9.17) is 5.73 Å². The van der Waals surface area contributed by atoms with Crippen molar-refractivity contribution in [1.29, 1.82) is 5.26 Å². The molecule has 4 heteroatoms. The van der Waals surface area contributed by atoms with Crippen LogP contribution in [0.2, 0.25) is 0 Å². The first-order chi connectivity index (χ1) is 12.0. The second kappa shape index (κ2) is 7.08. The van der Waals surface area contributed by atoms with Gasteiger partial charge in [-0.2, -0.15) is 5.26 Å². The number of nitriles is 1. The van der Waals surface area contributed by atoms with Crippen LogP contribution >= 0.6 is 11.3 Å². The van der Waals surface area contributed by atoms with Gasteiger partial charge >= 0.3 is 0 Å². The third-order valence-corrected chi connectivity index (χ3v) is 5.09. The maximum atomic E-state index is 9.48. The molecule has 25 heavy (non-hydrogen) atoms. The summed E-state index contributed by atoms with van der Waals surface area (Å²) in [6, 6.07) is 16.7. The summed E-state index contributed by atoms with van der Waals surface area (Å²) in [6.07, 6.45) is 1.06. The van der Waals surface area contributed by atoms with Crippen LogP contribution in [-0.2, 0) is 6.42 Å². The first kappa shape index (κ1) is 17.2. The van der Waals surface area contributed by atoms with Gasteiger partial charge in [0.1, 0.15) is 17.5 Å². The van der Waals surface area contributed by atoms with Crippen molar-refractivity contribution in [2.24, 2.45) is 5.92 Å². The fraction of sp³-hybridized carbons (Fsp3) is 0.238. The van der Waals surface area contributed by atoms with Gasteiger partial charge in [-0.05, 0) is 43.0 Å². The summed E-state index contributed by atoms with van der Waals surface area (Å²) >= 11 is 1.66. The molecule has 0 aliphatic carbocycles. The Morgan fingerprint density at radius 1 is 1.16 bits per heavy atom. The molecule has 0 saturated carbocycles. The van der Waals surface area contributed by atoms with Crippen molar-refractivity contribution in [3.8, 4) is 27.8 Å². The van der Waals surface area contributed by atoms with E-state index in [1.54, 1.807) is 11.3 Å². The van der Waals surface area contributed by atoms with Crippen LogP contribution in [-0.4, -0.2) is 4.98 Å². The van der Waals surface area contributed by atoms with Gasteiger partial charge < -0.3 is 5.73 Å². The Balaban J connectivity index is 2.06. The van der Waals surface area contributed by atoms with E-state index in [2.05, 4.69) is 62.2 Å². The Kier molecular flexibility index (Phi) is 4.87. The quantitative estimate of drug-likeness (QED) is 0.683. The Morgan fingerprint density at radius 2 is 1.88 bits per heavy atom. The van der Waals surface area contributed by atoms with E-state index in [-0.39, 0.29) is 5.82 Å². The molecule has 2 heterocycles. The summed E-state index contributed by atoms with van der Waals surface area (Å²) in [4.78, 5) is 6.70. The van der Waals surface area contributed by atoms with Crippen molar-refractivity contribution >= 4 is 17.2 Å². The highest BCUT2D eigenvalue weighted by atomic mass is 32.1. The molecule has 0 fully saturated rings. The number of nitrogen functional groups attached to an aromatic ring is 1. The van der Waals surface area contributed by atoms with E-state index in [1.807, 2.05) is 12.1 Å². The highest BCUT2D eigenvalue weighted by molar-refractivity contribution is 7.15. The van der Waals surface area contributed by atoms with Gasteiger partial charge in [0.05, 0.1) is 5.69 Å². The minimum Gasteiger partial charge on any atom is -0.383 e. The summed E-state index contributed by atoms with van der Waals surface area (Å²) in [7, 11) is 0. The largest absolute Gasteiger partial charge is 0.383 e. The van der Waals surface area contributed by atoms with Crippen LogP contribution in [0.1, 0.15) is 29.9 Å². The lowest BCUT2D eigenvalue weighted by molar-refractivity contribution is 0.647. The fourth-order valence-corrected chi connectivity index (χ4v) is 3.78. The molecule has 126 valence electrons. The van der Waals surface area contributed by atoms with Crippen molar-refractivity contribution in [3.63, 3.8) is 0 Å². The van der Waals surface area contributed by atoms with Crippen molar-refractivity contribution in [1.82, 2.24) is 4.98 Å². The van der Waals surface area contributed by atoms with Gasteiger partial charge in [-0.3, -0.25) is 0 Å². The zero-order chi connectivity index (χ0) is 18.0. The van der Waals surface area contributed by atoms with Crippen LogP contribution in [0.15, 0.2) is 42.5 Å². The van der Waals surface area contributed by atoms with Crippen LogP contribution in [0.4, 0.5) is 5.82 Å². The van der Waals surface area contributed by atoms with Gasteiger partial charge in [0.2, 0.25) is 0 Å². The SMILES string of the molecule is Cc1ccc(-c2cc(-c3ccc(CC(C)C)cc3)nc(N)c2C#N)s1. The summed E-state index contributed by atoms with van der Waals surface area (Å²) in [5, 5.41) is 9.48.